The van der Waals surface area contributed by atoms with Crippen molar-refractivity contribution >= 4 is 5.91 Å². The third-order valence-electron chi connectivity index (χ3n) is 3.12. The minimum atomic E-state index is -2.98. The highest BCUT2D eigenvalue weighted by atomic mass is 19.3. The molecule has 0 unspecified atom stereocenters. The zero-order valence-corrected chi connectivity index (χ0v) is 12.7. The van der Waals surface area contributed by atoms with Gasteiger partial charge in [0, 0.05) is 31.4 Å². The summed E-state index contributed by atoms with van der Waals surface area (Å²) in [5.41, 5.74) is 1.14. The Bertz CT molecular complexity index is 663. The molecule has 5 nitrogen and oxygen atoms in total. The largest absolute Gasteiger partial charge is 0.497 e. The number of pyridine rings is 1. The fourth-order valence-corrected chi connectivity index (χ4v) is 2.00. The topological polar surface area (TPSA) is 51.7 Å². The van der Waals surface area contributed by atoms with Gasteiger partial charge in [-0.2, -0.15) is 8.78 Å². The lowest BCUT2D eigenvalue weighted by Crippen LogP contribution is -2.26. The number of aromatic nitrogens is 1. The van der Waals surface area contributed by atoms with E-state index in [0.717, 1.165) is 11.3 Å². The van der Waals surface area contributed by atoms with E-state index in [2.05, 4.69) is 9.72 Å². The molecular formula is C16H16F2N2O3. The molecule has 1 aromatic carbocycles. The number of hydrogen-bond acceptors (Lipinski definition) is 4. The van der Waals surface area contributed by atoms with Gasteiger partial charge in [-0.1, -0.05) is 12.1 Å². The van der Waals surface area contributed by atoms with Crippen molar-refractivity contribution < 1.29 is 23.0 Å². The van der Waals surface area contributed by atoms with E-state index in [9.17, 15) is 13.6 Å². The molecule has 0 aliphatic rings. The van der Waals surface area contributed by atoms with Crippen LogP contribution in [0.2, 0.25) is 0 Å². The zero-order chi connectivity index (χ0) is 16.8. The predicted molar refractivity (Wildman–Crippen MR) is 79.7 cm³/mol. The van der Waals surface area contributed by atoms with Crippen LogP contribution in [0.1, 0.15) is 15.9 Å². The molecular weight excluding hydrogens is 306 g/mol. The summed E-state index contributed by atoms with van der Waals surface area (Å²) in [4.78, 5) is 17.5. The number of alkyl halides is 2. The van der Waals surface area contributed by atoms with E-state index in [1.807, 2.05) is 12.1 Å². The summed E-state index contributed by atoms with van der Waals surface area (Å²) >= 11 is 0. The third-order valence-corrected chi connectivity index (χ3v) is 3.12. The number of carbonyl (C=O) groups is 1. The van der Waals surface area contributed by atoms with E-state index >= 15 is 0 Å². The van der Waals surface area contributed by atoms with Gasteiger partial charge in [-0.25, -0.2) is 4.98 Å². The van der Waals surface area contributed by atoms with Gasteiger partial charge >= 0.3 is 6.61 Å². The van der Waals surface area contributed by atoms with Crippen molar-refractivity contribution in [2.45, 2.75) is 13.2 Å². The molecule has 2 aromatic rings. The van der Waals surface area contributed by atoms with Crippen molar-refractivity contribution in [3.8, 4) is 11.6 Å². The molecule has 1 heterocycles. The molecule has 122 valence electrons. The minimum Gasteiger partial charge on any atom is -0.497 e. The SMILES string of the molecule is COc1ccc(CN(C)C(=O)c2ccnc(OC(F)F)c2)cc1. The van der Waals surface area contributed by atoms with Gasteiger partial charge in [-0.15, -0.1) is 0 Å². The second-order valence-corrected chi connectivity index (χ2v) is 4.77. The molecule has 0 saturated carbocycles. The van der Waals surface area contributed by atoms with Gasteiger partial charge < -0.3 is 14.4 Å². The molecule has 0 fully saturated rings. The molecule has 0 bridgehead atoms. The first-order valence-corrected chi connectivity index (χ1v) is 6.79. The van der Waals surface area contributed by atoms with E-state index < -0.39 is 6.61 Å². The first-order valence-electron chi connectivity index (χ1n) is 6.79. The average Bonchev–Trinajstić information content (AvgIpc) is 2.54. The molecule has 0 radical (unpaired) electrons. The molecule has 0 N–H and O–H groups in total. The first kappa shape index (κ1) is 16.7. The number of amides is 1. The van der Waals surface area contributed by atoms with Crippen LogP contribution in [0, 0.1) is 0 Å². The lowest BCUT2D eigenvalue weighted by atomic mass is 10.2. The number of benzene rings is 1. The molecule has 1 amide bonds. The Morgan fingerprint density at radius 1 is 1.26 bits per heavy atom. The summed E-state index contributed by atoms with van der Waals surface area (Å²) in [6, 6.07) is 9.94. The standard InChI is InChI=1S/C16H16F2N2O3/c1-20(10-11-3-5-13(22-2)6-4-11)15(21)12-7-8-19-14(9-12)23-16(17)18/h3-9,16H,10H2,1-2H3. The first-order chi connectivity index (χ1) is 11.0. The summed E-state index contributed by atoms with van der Waals surface area (Å²) in [5.74, 6) is 0.122. The Hall–Kier alpha value is -2.70. The highest BCUT2D eigenvalue weighted by molar-refractivity contribution is 5.94. The van der Waals surface area contributed by atoms with Crippen molar-refractivity contribution in [3.05, 3.63) is 53.7 Å². The fraction of sp³-hybridized carbons (Fsp3) is 0.250. The van der Waals surface area contributed by atoms with Crippen molar-refractivity contribution in [1.29, 1.82) is 0 Å². The van der Waals surface area contributed by atoms with Gasteiger partial charge in [0.15, 0.2) is 0 Å². The predicted octanol–water partition coefficient (Wildman–Crippen LogP) is 2.96. The number of hydrogen-bond donors (Lipinski definition) is 0. The summed E-state index contributed by atoms with van der Waals surface area (Å²) in [6.07, 6.45) is 1.26. The molecule has 0 spiro atoms. The molecule has 0 saturated heterocycles. The van der Waals surface area contributed by atoms with Crippen molar-refractivity contribution in [1.82, 2.24) is 9.88 Å². The van der Waals surface area contributed by atoms with Crippen LogP contribution < -0.4 is 9.47 Å². The summed E-state index contributed by atoms with van der Waals surface area (Å²) < 4.78 is 33.7. The summed E-state index contributed by atoms with van der Waals surface area (Å²) in [5, 5.41) is 0. The number of nitrogens with zero attached hydrogens (tertiary/aromatic N) is 2. The van der Waals surface area contributed by atoms with Gasteiger partial charge in [0.05, 0.1) is 7.11 Å². The molecule has 0 aliphatic heterocycles. The van der Waals surface area contributed by atoms with Crippen molar-refractivity contribution in [2.24, 2.45) is 0 Å². The molecule has 1 aromatic heterocycles. The zero-order valence-electron chi connectivity index (χ0n) is 12.7. The second kappa shape index (κ2) is 7.53. The maximum atomic E-state index is 12.3. The van der Waals surface area contributed by atoms with E-state index in [1.54, 1.807) is 26.3 Å². The Balaban J connectivity index is 2.06. The van der Waals surface area contributed by atoms with Crippen molar-refractivity contribution in [2.75, 3.05) is 14.2 Å². The van der Waals surface area contributed by atoms with Crippen molar-refractivity contribution in [3.63, 3.8) is 0 Å². The second-order valence-electron chi connectivity index (χ2n) is 4.77. The number of carbonyl (C=O) groups excluding carboxylic acids is 1. The minimum absolute atomic E-state index is 0.228. The maximum absolute atomic E-state index is 12.3. The van der Waals surface area contributed by atoms with Crippen LogP contribution in [-0.4, -0.2) is 36.6 Å². The lowest BCUT2D eigenvalue weighted by molar-refractivity contribution is -0.0529. The molecule has 2 rings (SSSR count). The Labute approximate surface area is 132 Å². The Kier molecular flexibility index (Phi) is 5.46. The Morgan fingerprint density at radius 3 is 2.57 bits per heavy atom. The van der Waals surface area contributed by atoms with E-state index in [4.69, 9.17) is 4.74 Å². The summed E-state index contributed by atoms with van der Waals surface area (Å²) in [6.45, 7) is -2.61. The van der Waals surface area contributed by atoms with Gasteiger partial charge in [0.25, 0.3) is 5.91 Å². The smallest absolute Gasteiger partial charge is 0.388 e. The molecule has 0 atom stereocenters. The van der Waals surface area contributed by atoms with Crippen LogP contribution in [-0.2, 0) is 6.54 Å². The summed E-state index contributed by atoms with van der Waals surface area (Å²) in [7, 11) is 3.20. The highest BCUT2D eigenvalue weighted by Gasteiger charge is 2.14. The van der Waals surface area contributed by atoms with Crippen LogP contribution in [0.15, 0.2) is 42.6 Å². The molecule has 7 heteroatoms. The number of ether oxygens (including phenoxy) is 2. The highest BCUT2D eigenvalue weighted by Crippen LogP contribution is 2.16. The van der Waals surface area contributed by atoms with Gasteiger partial charge in [0.1, 0.15) is 5.75 Å². The monoisotopic (exact) mass is 322 g/mol. The van der Waals surface area contributed by atoms with E-state index in [0.29, 0.717) is 6.54 Å². The number of rotatable bonds is 6. The third kappa shape index (κ3) is 4.64. The number of methoxy groups -OCH3 is 1. The molecule has 0 aliphatic carbocycles. The molecule has 23 heavy (non-hydrogen) atoms. The van der Waals surface area contributed by atoms with Crippen LogP contribution in [0.5, 0.6) is 11.6 Å². The fourth-order valence-electron chi connectivity index (χ4n) is 2.00. The quantitative estimate of drug-likeness (QED) is 0.820. The van der Waals surface area contributed by atoms with E-state index in [-0.39, 0.29) is 17.4 Å². The Morgan fingerprint density at radius 2 is 1.96 bits per heavy atom. The van der Waals surface area contributed by atoms with Gasteiger partial charge in [-0.05, 0) is 23.8 Å². The lowest BCUT2D eigenvalue weighted by Gasteiger charge is -2.17. The van der Waals surface area contributed by atoms with Crippen LogP contribution in [0.25, 0.3) is 0 Å². The van der Waals surface area contributed by atoms with Gasteiger partial charge in [-0.3, -0.25) is 4.79 Å². The van der Waals surface area contributed by atoms with Crippen LogP contribution >= 0.6 is 0 Å². The van der Waals surface area contributed by atoms with Gasteiger partial charge in [0.2, 0.25) is 5.88 Å². The van der Waals surface area contributed by atoms with Crippen LogP contribution in [0.4, 0.5) is 8.78 Å². The van der Waals surface area contributed by atoms with Crippen LogP contribution in [0.3, 0.4) is 0 Å². The normalized spacial score (nSPS) is 10.5. The average molecular weight is 322 g/mol. The maximum Gasteiger partial charge on any atom is 0.388 e. The van der Waals surface area contributed by atoms with E-state index in [1.165, 1.54) is 23.2 Å². The number of halogens is 2.